The Morgan fingerprint density at radius 2 is 1.77 bits per heavy atom. The number of carbonyl (C=O) groups excluding carboxylic acids is 1. The molecule has 1 aromatic heterocycles. The van der Waals surface area contributed by atoms with Crippen molar-refractivity contribution in [3.05, 3.63) is 82.7 Å². The number of aryl methyl sites for hydroxylation is 1. The highest BCUT2D eigenvalue weighted by Gasteiger charge is 2.30. The third-order valence-electron chi connectivity index (χ3n) is 5.25. The van der Waals surface area contributed by atoms with E-state index in [0.29, 0.717) is 24.3 Å². The number of carbonyl (C=O) groups is 1. The molecule has 0 fully saturated rings. The maximum absolute atomic E-state index is 12.7. The molecule has 0 atom stereocenters. The lowest BCUT2D eigenvalue weighted by molar-refractivity contribution is -0.180. The Balaban J connectivity index is 1.45. The predicted octanol–water partition coefficient (Wildman–Crippen LogP) is 4.50. The summed E-state index contributed by atoms with van der Waals surface area (Å²) in [4.78, 5) is 17.1. The van der Waals surface area contributed by atoms with E-state index in [1.54, 1.807) is 30.5 Å². The maximum Gasteiger partial charge on any atom is 0.251 e. The maximum atomic E-state index is 12.7. The van der Waals surface area contributed by atoms with Gasteiger partial charge >= 0.3 is 0 Å². The van der Waals surface area contributed by atoms with Crippen LogP contribution in [0.3, 0.4) is 0 Å². The molecule has 1 amide bonds. The lowest BCUT2D eigenvalue weighted by atomic mass is 10.0. The predicted molar refractivity (Wildman–Crippen MR) is 116 cm³/mol. The van der Waals surface area contributed by atoms with Crippen LogP contribution in [0.2, 0.25) is 0 Å². The van der Waals surface area contributed by atoms with Gasteiger partial charge in [-0.25, -0.2) is 0 Å². The molecule has 0 spiro atoms. The van der Waals surface area contributed by atoms with Gasteiger partial charge in [0.15, 0.2) is 0 Å². The van der Waals surface area contributed by atoms with Gasteiger partial charge in [0.2, 0.25) is 5.79 Å². The van der Waals surface area contributed by atoms with Crippen molar-refractivity contribution in [1.82, 2.24) is 10.3 Å². The molecule has 0 bridgehead atoms. The topological polar surface area (TPSA) is 84.2 Å². The number of nitrogens with one attached hydrogen (secondary N) is 1. The SMILES string of the molecule is Cc1ncc(CNC(=O)c2ccc(-c3ccc(C#N)cc3)cc2)c2c1OC(C)(C)OC2. The van der Waals surface area contributed by atoms with Crippen molar-refractivity contribution >= 4 is 5.91 Å². The lowest BCUT2D eigenvalue weighted by Crippen LogP contribution is -2.36. The Morgan fingerprint density at radius 3 is 2.42 bits per heavy atom. The number of rotatable bonds is 4. The summed E-state index contributed by atoms with van der Waals surface area (Å²) in [5.41, 5.74) is 5.76. The fourth-order valence-corrected chi connectivity index (χ4v) is 3.47. The average molecular weight is 413 g/mol. The Kier molecular flexibility index (Phi) is 5.45. The van der Waals surface area contributed by atoms with Crippen molar-refractivity contribution in [3.8, 4) is 22.9 Å². The minimum Gasteiger partial charge on any atom is -0.461 e. The molecule has 1 aliphatic rings. The average Bonchev–Trinajstić information content (AvgIpc) is 2.78. The van der Waals surface area contributed by atoms with Crippen LogP contribution in [-0.2, 0) is 17.9 Å². The first-order valence-electron chi connectivity index (χ1n) is 10.1. The summed E-state index contributed by atoms with van der Waals surface area (Å²) in [7, 11) is 0. The van der Waals surface area contributed by atoms with Crippen LogP contribution in [0.5, 0.6) is 5.75 Å². The molecule has 4 rings (SSSR count). The van der Waals surface area contributed by atoms with Gasteiger partial charge in [0.1, 0.15) is 5.75 Å². The molecule has 0 unspecified atom stereocenters. The minimum atomic E-state index is -0.696. The van der Waals surface area contributed by atoms with E-state index in [0.717, 1.165) is 33.7 Å². The Bertz CT molecular complexity index is 1160. The van der Waals surface area contributed by atoms with Crippen LogP contribution >= 0.6 is 0 Å². The fraction of sp³-hybridized carbons (Fsp3) is 0.240. The van der Waals surface area contributed by atoms with Gasteiger partial charge in [0.05, 0.1) is 23.9 Å². The number of benzene rings is 2. The zero-order valence-electron chi connectivity index (χ0n) is 17.7. The standard InChI is InChI=1S/C25H23N3O3/c1-16-23-22(15-30-25(2,3)31-23)21(13-27-16)14-28-24(29)20-10-8-19(9-11-20)18-6-4-17(12-26)5-7-18/h4-11,13H,14-15H2,1-3H3,(H,28,29). The molecule has 6 nitrogen and oxygen atoms in total. The number of fused-ring (bicyclic) bond motifs is 1. The van der Waals surface area contributed by atoms with E-state index in [4.69, 9.17) is 14.7 Å². The third kappa shape index (κ3) is 4.42. The number of ether oxygens (including phenoxy) is 2. The second-order valence-electron chi connectivity index (χ2n) is 7.92. The summed E-state index contributed by atoms with van der Waals surface area (Å²) in [5, 5.41) is 11.9. The summed E-state index contributed by atoms with van der Waals surface area (Å²) in [6.45, 7) is 6.38. The van der Waals surface area contributed by atoms with Crippen LogP contribution in [0.1, 0.15) is 46.6 Å². The fourth-order valence-electron chi connectivity index (χ4n) is 3.47. The van der Waals surface area contributed by atoms with Crippen LogP contribution in [0.25, 0.3) is 11.1 Å². The summed E-state index contributed by atoms with van der Waals surface area (Å²) in [5.74, 6) is -0.133. The first-order valence-corrected chi connectivity index (χ1v) is 10.1. The van der Waals surface area contributed by atoms with Gasteiger partial charge in [-0.05, 0) is 47.9 Å². The molecule has 0 radical (unpaired) electrons. The zero-order valence-corrected chi connectivity index (χ0v) is 17.7. The molecule has 0 saturated carbocycles. The number of hydrogen-bond donors (Lipinski definition) is 1. The number of amides is 1. The summed E-state index contributed by atoms with van der Waals surface area (Å²) in [6.07, 6.45) is 1.76. The van der Waals surface area contributed by atoms with E-state index in [9.17, 15) is 4.79 Å². The molecule has 6 heteroatoms. The number of hydrogen-bond acceptors (Lipinski definition) is 5. The molecule has 1 N–H and O–H groups in total. The molecular weight excluding hydrogens is 390 g/mol. The van der Waals surface area contributed by atoms with E-state index in [-0.39, 0.29) is 5.91 Å². The van der Waals surface area contributed by atoms with Gasteiger partial charge in [-0.2, -0.15) is 5.26 Å². The van der Waals surface area contributed by atoms with Crippen molar-refractivity contribution in [2.75, 3.05) is 0 Å². The lowest BCUT2D eigenvalue weighted by Gasteiger charge is -2.34. The Morgan fingerprint density at radius 1 is 1.13 bits per heavy atom. The largest absolute Gasteiger partial charge is 0.461 e. The number of nitrogens with zero attached hydrogens (tertiary/aromatic N) is 2. The van der Waals surface area contributed by atoms with E-state index in [2.05, 4.69) is 16.4 Å². The molecular formula is C25H23N3O3. The molecule has 3 aromatic rings. The van der Waals surface area contributed by atoms with Crippen molar-refractivity contribution in [1.29, 1.82) is 5.26 Å². The van der Waals surface area contributed by atoms with Gasteiger partial charge in [-0.15, -0.1) is 0 Å². The second kappa shape index (κ2) is 8.21. The van der Waals surface area contributed by atoms with Crippen LogP contribution in [0, 0.1) is 18.3 Å². The van der Waals surface area contributed by atoms with Crippen molar-refractivity contribution in [2.45, 2.75) is 39.7 Å². The van der Waals surface area contributed by atoms with Crippen LogP contribution in [0.15, 0.2) is 54.7 Å². The van der Waals surface area contributed by atoms with Gasteiger partial charge in [-0.1, -0.05) is 24.3 Å². The van der Waals surface area contributed by atoms with Gasteiger partial charge in [-0.3, -0.25) is 9.78 Å². The molecule has 2 aromatic carbocycles. The summed E-state index contributed by atoms with van der Waals surface area (Å²) >= 11 is 0. The summed E-state index contributed by atoms with van der Waals surface area (Å²) in [6, 6.07) is 16.8. The molecule has 31 heavy (non-hydrogen) atoms. The minimum absolute atomic E-state index is 0.168. The number of nitriles is 1. The van der Waals surface area contributed by atoms with Crippen LogP contribution in [-0.4, -0.2) is 16.7 Å². The molecule has 2 heterocycles. The third-order valence-corrected chi connectivity index (χ3v) is 5.25. The molecule has 0 saturated heterocycles. The van der Waals surface area contributed by atoms with E-state index >= 15 is 0 Å². The zero-order chi connectivity index (χ0) is 22.0. The van der Waals surface area contributed by atoms with Gasteiger partial charge < -0.3 is 14.8 Å². The Labute approximate surface area is 181 Å². The quantitative estimate of drug-likeness (QED) is 0.681. The second-order valence-corrected chi connectivity index (χ2v) is 7.92. The number of pyridine rings is 1. The first-order chi connectivity index (χ1) is 14.9. The van der Waals surface area contributed by atoms with Crippen molar-refractivity contribution in [3.63, 3.8) is 0 Å². The van der Waals surface area contributed by atoms with Crippen molar-refractivity contribution in [2.24, 2.45) is 0 Å². The molecule has 0 aliphatic carbocycles. The van der Waals surface area contributed by atoms with Crippen LogP contribution < -0.4 is 10.1 Å². The first kappa shape index (κ1) is 20.6. The molecule has 156 valence electrons. The van der Waals surface area contributed by atoms with Crippen LogP contribution in [0.4, 0.5) is 0 Å². The Hall–Kier alpha value is -3.69. The van der Waals surface area contributed by atoms with Gasteiger partial charge in [0, 0.05) is 37.7 Å². The van der Waals surface area contributed by atoms with Gasteiger partial charge in [0.25, 0.3) is 5.91 Å². The van der Waals surface area contributed by atoms with E-state index in [1.807, 2.05) is 45.0 Å². The van der Waals surface area contributed by atoms with E-state index < -0.39 is 5.79 Å². The normalized spacial score (nSPS) is 14.1. The van der Waals surface area contributed by atoms with E-state index in [1.165, 1.54) is 0 Å². The monoisotopic (exact) mass is 413 g/mol. The number of aromatic nitrogens is 1. The van der Waals surface area contributed by atoms with Crippen molar-refractivity contribution < 1.29 is 14.3 Å². The molecule has 1 aliphatic heterocycles. The summed E-state index contributed by atoms with van der Waals surface area (Å²) < 4.78 is 11.7. The highest BCUT2D eigenvalue weighted by molar-refractivity contribution is 5.94. The smallest absolute Gasteiger partial charge is 0.251 e. The highest BCUT2D eigenvalue weighted by Crippen LogP contribution is 2.35. The highest BCUT2D eigenvalue weighted by atomic mass is 16.7.